The molecule has 0 fully saturated rings. The summed E-state index contributed by atoms with van der Waals surface area (Å²) in [6.45, 7) is 4.93. The molecule has 0 bridgehead atoms. The van der Waals surface area contributed by atoms with E-state index in [4.69, 9.17) is 4.74 Å². The summed E-state index contributed by atoms with van der Waals surface area (Å²) in [6, 6.07) is -0.625. The molecule has 3 N–H and O–H groups in total. The van der Waals surface area contributed by atoms with Crippen molar-refractivity contribution in [1.29, 1.82) is 0 Å². The summed E-state index contributed by atoms with van der Waals surface area (Å²) in [4.78, 5) is 24.5. The number of hydrogen-bond donors (Lipinski definition) is 3. The molecule has 2 unspecified atom stereocenters. The smallest absolute Gasteiger partial charge is 0.305 e. The fourth-order valence-corrected chi connectivity index (χ4v) is 10.2. The van der Waals surface area contributed by atoms with Gasteiger partial charge in [-0.1, -0.05) is 328 Å². The van der Waals surface area contributed by atoms with E-state index in [1.165, 1.54) is 295 Å². The van der Waals surface area contributed by atoms with Gasteiger partial charge in [-0.15, -0.1) is 0 Å². The van der Waals surface area contributed by atoms with Crippen molar-refractivity contribution in [2.24, 2.45) is 0 Å². The zero-order valence-electron chi connectivity index (χ0n) is 47.5. The van der Waals surface area contributed by atoms with Crippen LogP contribution in [0.5, 0.6) is 0 Å². The number of carbonyl (C=O) groups is 2. The molecule has 0 rings (SSSR count). The van der Waals surface area contributed by atoms with Gasteiger partial charge in [0.05, 0.1) is 25.4 Å². The minimum Gasteiger partial charge on any atom is -0.466 e. The molecule has 2 atom stereocenters. The minimum absolute atomic E-state index is 0.0195. The first-order valence-electron chi connectivity index (χ1n) is 32.0. The van der Waals surface area contributed by atoms with Crippen molar-refractivity contribution in [3.05, 3.63) is 12.2 Å². The number of aliphatic hydroxyl groups is 2. The monoisotopic (exact) mass is 988 g/mol. The fraction of sp³-hybridized carbons (Fsp3) is 0.938. The van der Waals surface area contributed by atoms with Crippen molar-refractivity contribution < 1.29 is 24.5 Å². The van der Waals surface area contributed by atoms with Crippen LogP contribution in [0.2, 0.25) is 0 Å². The van der Waals surface area contributed by atoms with Gasteiger partial charge in [-0.2, -0.15) is 0 Å². The van der Waals surface area contributed by atoms with Gasteiger partial charge >= 0.3 is 5.97 Å². The molecular weight excluding hydrogens is 863 g/mol. The lowest BCUT2D eigenvalue weighted by molar-refractivity contribution is -0.143. The number of allylic oxidation sites excluding steroid dienone is 1. The zero-order chi connectivity index (χ0) is 50.7. The van der Waals surface area contributed by atoms with Crippen LogP contribution >= 0.6 is 0 Å². The topological polar surface area (TPSA) is 95.9 Å². The summed E-state index contributed by atoms with van der Waals surface area (Å²) in [5.41, 5.74) is 0. The highest BCUT2D eigenvalue weighted by molar-refractivity contribution is 5.76. The number of carbonyl (C=O) groups excluding carboxylic acids is 2. The average Bonchev–Trinajstić information content (AvgIpc) is 3.36. The van der Waals surface area contributed by atoms with E-state index in [9.17, 15) is 19.8 Å². The van der Waals surface area contributed by atoms with Gasteiger partial charge in [0.1, 0.15) is 0 Å². The second kappa shape index (κ2) is 60.2. The molecule has 70 heavy (non-hydrogen) atoms. The van der Waals surface area contributed by atoms with Crippen molar-refractivity contribution in [3.8, 4) is 0 Å². The van der Waals surface area contributed by atoms with Gasteiger partial charge in [-0.05, 0) is 32.1 Å². The first kappa shape index (κ1) is 68.6. The van der Waals surface area contributed by atoms with E-state index in [-0.39, 0.29) is 18.5 Å². The summed E-state index contributed by atoms with van der Waals surface area (Å²) in [5, 5.41) is 23.1. The SMILES string of the molecule is CCCCCCCCCCCC/C=C/C(O)C(CO)NC(=O)CCCCCCCCCCCCCCCCCCCCCCCCCCOC(=O)CCCCCCCCCCCCCCCCCCC. The number of nitrogens with one attached hydrogen (secondary N) is 1. The normalized spacial score (nSPS) is 12.6. The van der Waals surface area contributed by atoms with Crippen LogP contribution in [0.25, 0.3) is 0 Å². The molecule has 0 aromatic carbocycles. The van der Waals surface area contributed by atoms with E-state index in [1.54, 1.807) is 6.08 Å². The Bertz CT molecular complexity index is 1050. The van der Waals surface area contributed by atoms with Crippen molar-refractivity contribution in [3.63, 3.8) is 0 Å². The number of rotatable bonds is 60. The van der Waals surface area contributed by atoms with Crippen LogP contribution in [0.15, 0.2) is 12.2 Å². The largest absolute Gasteiger partial charge is 0.466 e. The molecule has 6 nitrogen and oxygen atoms in total. The first-order valence-corrected chi connectivity index (χ1v) is 32.0. The second-order valence-corrected chi connectivity index (χ2v) is 22.1. The number of unbranched alkanes of at least 4 members (excludes halogenated alkanes) is 49. The van der Waals surface area contributed by atoms with Crippen molar-refractivity contribution in [1.82, 2.24) is 5.32 Å². The number of ether oxygens (including phenoxy) is 1. The molecule has 1 amide bonds. The molecule has 0 aromatic heterocycles. The lowest BCUT2D eigenvalue weighted by Gasteiger charge is -2.20. The maximum Gasteiger partial charge on any atom is 0.305 e. The average molecular weight is 989 g/mol. The Balaban J connectivity index is 3.34. The Morgan fingerprint density at radius 3 is 0.971 bits per heavy atom. The molecule has 0 saturated heterocycles. The summed E-state index contributed by atoms with van der Waals surface area (Å²) >= 11 is 0. The van der Waals surface area contributed by atoms with Crippen molar-refractivity contribution in [2.45, 2.75) is 373 Å². The molecule has 416 valence electrons. The third kappa shape index (κ3) is 55.9. The molecular formula is C64H125NO5. The van der Waals surface area contributed by atoms with Gasteiger partial charge in [0, 0.05) is 12.8 Å². The number of esters is 1. The molecule has 0 aliphatic heterocycles. The summed E-state index contributed by atoms with van der Waals surface area (Å²) in [5.74, 6) is -0.0462. The minimum atomic E-state index is -0.841. The molecule has 0 aromatic rings. The summed E-state index contributed by atoms with van der Waals surface area (Å²) in [7, 11) is 0. The van der Waals surface area contributed by atoms with Gasteiger partial charge in [-0.25, -0.2) is 0 Å². The highest BCUT2D eigenvalue weighted by Crippen LogP contribution is 2.18. The Hall–Kier alpha value is -1.40. The quantitative estimate of drug-likeness (QED) is 0.0321. The zero-order valence-corrected chi connectivity index (χ0v) is 47.5. The molecule has 0 spiro atoms. The molecule has 0 heterocycles. The number of amides is 1. The number of hydrogen-bond acceptors (Lipinski definition) is 5. The van der Waals surface area contributed by atoms with E-state index >= 15 is 0 Å². The molecule has 0 saturated carbocycles. The third-order valence-electron chi connectivity index (χ3n) is 15.1. The van der Waals surface area contributed by atoms with Crippen LogP contribution in [0, 0.1) is 0 Å². The lowest BCUT2D eigenvalue weighted by atomic mass is 10.0. The van der Waals surface area contributed by atoms with E-state index in [0.29, 0.717) is 19.4 Å². The Morgan fingerprint density at radius 2 is 0.657 bits per heavy atom. The number of aliphatic hydroxyl groups excluding tert-OH is 2. The molecule has 0 radical (unpaired) electrons. The Labute approximate surface area is 438 Å². The van der Waals surface area contributed by atoms with E-state index in [2.05, 4.69) is 19.2 Å². The van der Waals surface area contributed by atoms with Crippen LogP contribution in [0.4, 0.5) is 0 Å². The van der Waals surface area contributed by atoms with Crippen LogP contribution in [0.3, 0.4) is 0 Å². The highest BCUT2D eigenvalue weighted by atomic mass is 16.5. The molecule has 6 heteroatoms. The lowest BCUT2D eigenvalue weighted by Crippen LogP contribution is -2.45. The standard InChI is InChI=1S/C64H125NO5/c1-3-5-7-9-11-13-15-17-18-27-31-34-38-42-46-50-54-58-64(69)70-59-55-51-47-43-39-35-32-29-26-24-22-20-19-21-23-25-28-30-33-37-41-45-49-53-57-63(68)65-61(60-66)62(67)56-52-48-44-40-36-16-14-12-10-8-6-4-2/h52,56,61-62,66-67H,3-51,53-55,57-60H2,1-2H3,(H,65,68)/b56-52+. The Kier molecular flexibility index (Phi) is 59.0. The maximum absolute atomic E-state index is 12.4. The van der Waals surface area contributed by atoms with Gasteiger partial charge in [-0.3, -0.25) is 9.59 Å². The predicted octanol–water partition coefficient (Wildman–Crippen LogP) is 20.0. The van der Waals surface area contributed by atoms with Crippen LogP contribution in [-0.4, -0.2) is 47.4 Å². The first-order chi connectivity index (χ1) is 34.5. The van der Waals surface area contributed by atoms with E-state index in [0.717, 1.165) is 38.5 Å². The van der Waals surface area contributed by atoms with Crippen molar-refractivity contribution in [2.75, 3.05) is 13.2 Å². The van der Waals surface area contributed by atoms with Crippen LogP contribution < -0.4 is 5.32 Å². The Morgan fingerprint density at radius 1 is 0.386 bits per heavy atom. The van der Waals surface area contributed by atoms with Gasteiger partial charge in [0.25, 0.3) is 0 Å². The maximum atomic E-state index is 12.4. The second-order valence-electron chi connectivity index (χ2n) is 22.1. The van der Waals surface area contributed by atoms with Crippen molar-refractivity contribution >= 4 is 11.9 Å². The van der Waals surface area contributed by atoms with Crippen LogP contribution in [0.1, 0.15) is 361 Å². The van der Waals surface area contributed by atoms with E-state index in [1.807, 2.05) is 6.08 Å². The molecule has 0 aliphatic rings. The van der Waals surface area contributed by atoms with Crippen LogP contribution in [-0.2, 0) is 14.3 Å². The van der Waals surface area contributed by atoms with E-state index < -0.39 is 12.1 Å². The van der Waals surface area contributed by atoms with Gasteiger partial charge < -0.3 is 20.3 Å². The fourth-order valence-electron chi connectivity index (χ4n) is 10.2. The van der Waals surface area contributed by atoms with Gasteiger partial charge in [0.15, 0.2) is 0 Å². The van der Waals surface area contributed by atoms with Gasteiger partial charge in [0.2, 0.25) is 5.91 Å². The predicted molar refractivity (Wildman–Crippen MR) is 306 cm³/mol. The summed E-state index contributed by atoms with van der Waals surface area (Å²) in [6.07, 6.45) is 72.7. The third-order valence-corrected chi connectivity index (χ3v) is 15.1. The molecule has 0 aliphatic carbocycles. The highest BCUT2D eigenvalue weighted by Gasteiger charge is 2.18. The summed E-state index contributed by atoms with van der Waals surface area (Å²) < 4.78 is 5.50.